The van der Waals surface area contributed by atoms with Crippen LogP contribution in [0.15, 0.2) is 22.7 Å². The Kier molecular flexibility index (Phi) is 7.90. The second kappa shape index (κ2) is 10.6. The summed E-state index contributed by atoms with van der Waals surface area (Å²) in [7, 11) is 0. The minimum atomic E-state index is -0.427. The average molecular weight is 423 g/mol. The van der Waals surface area contributed by atoms with Gasteiger partial charge in [0.05, 0.1) is 10.6 Å². The summed E-state index contributed by atoms with van der Waals surface area (Å²) in [6.45, 7) is 2.50. The Hall–Kier alpha value is -1.87. The van der Waals surface area contributed by atoms with Crippen LogP contribution in [-0.2, 0) is 20.9 Å². The van der Waals surface area contributed by atoms with Crippen molar-refractivity contribution in [3.8, 4) is 10.7 Å². The molecule has 1 N–H and O–H groups in total. The van der Waals surface area contributed by atoms with Gasteiger partial charge in [0.15, 0.2) is 17.6 Å². The monoisotopic (exact) mass is 422 g/mol. The highest BCUT2D eigenvalue weighted by Crippen LogP contribution is 2.27. The number of carbonyl (C=O) groups is 2. The van der Waals surface area contributed by atoms with Gasteiger partial charge in [0.25, 0.3) is 5.91 Å². The lowest BCUT2D eigenvalue weighted by Gasteiger charge is -2.16. The molecule has 2 heterocycles. The summed E-state index contributed by atoms with van der Waals surface area (Å²) >= 11 is 2.88. The SMILES string of the molecule is CCn1c(SCC(=O)OCC(=O)NC2CCCCCC2)nnc1-c1cccs1. The van der Waals surface area contributed by atoms with Gasteiger partial charge in [0, 0.05) is 12.6 Å². The molecule has 0 aromatic carbocycles. The quantitative estimate of drug-likeness (QED) is 0.398. The summed E-state index contributed by atoms with van der Waals surface area (Å²) in [5, 5.41) is 14.1. The fraction of sp³-hybridized carbons (Fsp3) is 0.579. The molecule has 152 valence electrons. The van der Waals surface area contributed by atoms with Crippen LogP contribution >= 0.6 is 23.1 Å². The Morgan fingerprint density at radius 3 is 2.75 bits per heavy atom. The normalized spacial score (nSPS) is 15.2. The summed E-state index contributed by atoms with van der Waals surface area (Å²) in [6, 6.07) is 4.18. The first kappa shape index (κ1) is 20.9. The molecule has 28 heavy (non-hydrogen) atoms. The molecule has 0 bridgehead atoms. The number of rotatable bonds is 8. The van der Waals surface area contributed by atoms with Crippen molar-refractivity contribution in [2.75, 3.05) is 12.4 Å². The predicted molar refractivity (Wildman–Crippen MR) is 110 cm³/mol. The summed E-state index contributed by atoms with van der Waals surface area (Å²) in [6.07, 6.45) is 6.77. The zero-order valence-corrected chi connectivity index (χ0v) is 17.7. The fourth-order valence-corrected chi connectivity index (χ4v) is 4.79. The van der Waals surface area contributed by atoms with Crippen molar-refractivity contribution in [3.63, 3.8) is 0 Å². The first-order valence-corrected chi connectivity index (χ1v) is 11.6. The number of nitrogens with one attached hydrogen (secondary N) is 1. The van der Waals surface area contributed by atoms with Crippen LogP contribution in [0.1, 0.15) is 45.4 Å². The second-order valence-corrected chi connectivity index (χ2v) is 8.62. The van der Waals surface area contributed by atoms with E-state index in [0.29, 0.717) is 11.7 Å². The average Bonchev–Trinajstić information content (AvgIpc) is 3.29. The van der Waals surface area contributed by atoms with Crippen LogP contribution in [0.25, 0.3) is 10.7 Å². The van der Waals surface area contributed by atoms with Crippen LogP contribution in [0.2, 0.25) is 0 Å². The molecule has 0 saturated heterocycles. The molecule has 0 atom stereocenters. The highest BCUT2D eigenvalue weighted by molar-refractivity contribution is 7.99. The third-order valence-corrected chi connectivity index (χ3v) is 6.48. The lowest BCUT2D eigenvalue weighted by Crippen LogP contribution is -2.37. The number of aromatic nitrogens is 3. The molecular weight excluding hydrogens is 396 g/mol. The first-order valence-electron chi connectivity index (χ1n) is 9.72. The van der Waals surface area contributed by atoms with E-state index < -0.39 is 5.97 Å². The van der Waals surface area contributed by atoms with Gasteiger partial charge >= 0.3 is 5.97 Å². The summed E-state index contributed by atoms with van der Waals surface area (Å²) in [5.74, 6) is 0.252. The molecule has 1 amide bonds. The van der Waals surface area contributed by atoms with E-state index in [1.165, 1.54) is 24.6 Å². The maximum Gasteiger partial charge on any atom is 0.316 e. The molecule has 0 radical (unpaired) electrons. The highest BCUT2D eigenvalue weighted by atomic mass is 32.2. The van der Waals surface area contributed by atoms with E-state index in [1.54, 1.807) is 11.3 Å². The fourth-order valence-electron chi connectivity index (χ4n) is 3.27. The summed E-state index contributed by atoms with van der Waals surface area (Å²) in [4.78, 5) is 25.1. The molecule has 1 aliphatic carbocycles. The lowest BCUT2D eigenvalue weighted by atomic mass is 10.1. The molecule has 9 heteroatoms. The summed E-state index contributed by atoms with van der Waals surface area (Å²) < 4.78 is 7.10. The molecule has 0 aliphatic heterocycles. The molecule has 0 unspecified atom stereocenters. The highest BCUT2D eigenvalue weighted by Gasteiger charge is 2.18. The molecule has 1 fully saturated rings. The first-order chi connectivity index (χ1) is 13.7. The van der Waals surface area contributed by atoms with E-state index in [2.05, 4.69) is 15.5 Å². The van der Waals surface area contributed by atoms with Crippen LogP contribution in [0.5, 0.6) is 0 Å². The van der Waals surface area contributed by atoms with Crippen molar-refractivity contribution >= 4 is 35.0 Å². The number of hydrogen-bond donors (Lipinski definition) is 1. The van der Waals surface area contributed by atoms with Gasteiger partial charge < -0.3 is 14.6 Å². The Morgan fingerprint density at radius 1 is 1.29 bits per heavy atom. The van der Waals surface area contributed by atoms with Crippen molar-refractivity contribution in [1.82, 2.24) is 20.1 Å². The molecule has 1 saturated carbocycles. The number of thioether (sulfide) groups is 1. The lowest BCUT2D eigenvalue weighted by molar-refractivity contribution is -0.146. The molecule has 3 rings (SSSR count). The van der Waals surface area contributed by atoms with Crippen molar-refractivity contribution in [2.45, 2.75) is 63.2 Å². The molecular formula is C19H26N4O3S2. The van der Waals surface area contributed by atoms with Gasteiger partial charge in [-0.25, -0.2) is 0 Å². The van der Waals surface area contributed by atoms with Gasteiger partial charge in [-0.1, -0.05) is 43.5 Å². The molecule has 2 aromatic heterocycles. The van der Waals surface area contributed by atoms with E-state index in [-0.39, 0.29) is 24.3 Å². The van der Waals surface area contributed by atoms with Crippen molar-refractivity contribution in [2.24, 2.45) is 0 Å². The van der Waals surface area contributed by atoms with Gasteiger partial charge in [-0.05, 0) is 31.2 Å². The van der Waals surface area contributed by atoms with E-state index in [1.807, 2.05) is 29.0 Å². The van der Waals surface area contributed by atoms with Crippen molar-refractivity contribution < 1.29 is 14.3 Å². The van der Waals surface area contributed by atoms with E-state index >= 15 is 0 Å². The minimum absolute atomic E-state index is 0.0965. The minimum Gasteiger partial charge on any atom is -0.455 e. The van der Waals surface area contributed by atoms with Gasteiger partial charge in [-0.2, -0.15) is 0 Å². The standard InChI is InChI=1S/C19H26N4O3S2/c1-2-23-18(15-10-7-11-27-15)21-22-19(23)28-13-17(25)26-12-16(24)20-14-8-5-3-4-6-9-14/h7,10-11,14H,2-6,8-9,12-13H2,1H3,(H,20,24). The zero-order valence-electron chi connectivity index (χ0n) is 16.1. The molecule has 2 aromatic rings. The third kappa shape index (κ3) is 5.81. The number of ether oxygens (including phenoxy) is 1. The molecule has 1 aliphatic rings. The number of nitrogens with zero attached hydrogens (tertiary/aromatic N) is 3. The maximum atomic E-state index is 12.0. The number of thiophene rings is 1. The smallest absolute Gasteiger partial charge is 0.316 e. The Bertz CT molecular complexity index is 768. The van der Waals surface area contributed by atoms with Crippen molar-refractivity contribution in [1.29, 1.82) is 0 Å². The summed E-state index contributed by atoms with van der Waals surface area (Å²) in [5.41, 5.74) is 0. The van der Waals surface area contributed by atoms with Crippen molar-refractivity contribution in [3.05, 3.63) is 17.5 Å². The number of amides is 1. The van der Waals surface area contributed by atoms with Crippen LogP contribution in [0, 0.1) is 0 Å². The topological polar surface area (TPSA) is 86.1 Å². The number of carbonyl (C=O) groups excluding carboxylic acids is 2. The van der Waals surface area contributed by atoms with Crippen LogP contribution in [0.3, 0.4) is 0 Å². The van der Waals surface area contributed by atoms with E-state index in [9.17, 15) is 9.59 Å². The van der Waals surface area contributed by atoms with Crippen LogP contribution in [0.4, 0.5) is 0 Å². The zero-order chi connectivity index (χ0) is 19.8. The van der Waals surface area contributed by atoms with Crippen LogP contribution in [-0.4, -0.2) is 45.0 Å². The Morgan fingerprint density at radius 2 is 2.07 bits per heavy atom. The van der Waals surface area contributed by atoms with Crippen LogP contribution < -0.4 is 5.32 Å². The van der Waals surface area contributed by atoms with Gasteiger partial charge in [0.1, 0.15) is 0 Å². The predicted octanol–water partition coefficient (Wildman–Crippen LogP) is 3.50. The second-order valence-electron chi connectivity index (χ2n) is 6.73. The van der Waals surface area contributed by atoms with E-state index in [0.717, 1.165) is 36.4 Å². The third-order valence-electron chi connectivity index (χ3n) is 4.68. The van der Waals surface area contributed by atoms with Gasteiger partial charge in [-0.3, -0.25) is 9.59 Å². The molecule has 7 nitrogen and oxygen atoms in total. The maximum absolute atomic E-state index is 12.0. The largest absolute Gasteiger partial charge is 0.455 e. The Labute approximate surface area is 173 Å². The molecule has 0 spiro atoms. The van der Waals surface area contributed by atoms with Gasteiger partial charge in [-0.15, -0.1) is 21.5 Å². The van der Waals surface area contributed by atoms with Gasteiger partial charge in [0.2, 0.25) is 0 Å². The Balaban J connectivity index is 1.43. The van der Waals surface area contributed by atoms with E-state index in [4.69, 9.17) is 4.74 Å². The number of hydrogen-bond acceptors (Lipinski definition) is 7. The number of esters is 1.